The number of benzene rings is 1. The normalized spacial score (nSPS) is 12.3. The average Bonchev–Trinajstić information content (AvgIpc) is 2.43. The van der Waals surface area contributed by atoms with Crippen LogP contribution in [-0.2, 0) is 4.79 Å². The first-order valence-electron chi connectivity index (χ1n) is 7.55. The zero-order valence-corrected chi connectivity index (χ0v) is 13.5. The number of amides is 1. The molecule has 0 saturated heterocycles. The fraction of sp³-hybridized carbons (Fsp3) is 0.588. The lowest BCUT2D eigenvalue weighted by atomic mass is 9.98. The maximum atomic E-state index is 11.7. The third-order valence-electron chi connectivity index (χ3n) is 3.50. The first-order valence-corrected chi connectivity index (χ1v) is 7.55. The van der Waals surface area contributed by atoms with Gasteiger partial charge in [-0.3, -0.25) is 4.79 Å². The number of rotatable bonds is 8. The molecule has 0 aromatic heterocycles. The molecule has 0 bridgehead atoms. The zero-order chi connectivity index (χ0) is 15.8. The van der Waals surface area contributed by atoms with Crippen LogP contribution in [0.2, 0.25) is 0 Å². The number of aryl methyl sites for hydroxylation is 1. The summed E-state index contributed by atoms with van der Waals surface area (Å²) in [6.07, 6.45) is 0.691. The van der Waals surface area contributed by atoms with Gasteiger partial charge in [0, 0.05) is 13.2 Å². The van der Waals surface area contributed by atoms with Crippen LogP contribution in [0, 0.1) is 12.8 Å². The molecular weight excluding hydrogens is 266 g/mol. The molecule has 0 aliphatic carbocycles. The smallest absolute Gasteiger partial charge is 0.257 e. The van der Waals surface area contributed by atoms with Gasteiger partial charge >= 0.3 is 0 Å². The van der Waals surface area contributed by atoms with Gasteiger partial charge in [0.05, 0.1) is 0 Å². The van der Waals surface area contributed by atoms with Crippen molar-refractivity contribution in [2.45, 2.75) is 40.0 Å². The van der Waals surface area contributed by atoms with Crippen LogP contribution in [0.3, 0.4) is 0 Å². The van der Waals surface area contributed by atoms with Crippen LogP contribution in [0.1, 0.15) is 44.2 Å². The third-order valence-corrected chi connectivity index (χ3v) is 3.50. The maximum Gasteiger partial charge on any atom is 0.257 e. The van der Waals surface area contributed by atoms with Crippen LogP contribution in [-0.4, -0.2) is 30.8 Å². The number of ether oxygens (including phenoxy) is 1. The molecule has 118 valence electrons. The second kappa shape index (κ2) is 8.67. The highest BCUT2D eigenvalue weighted by molar-refractivity contribution is 5.77. The molecule has 0 heterocycles. The summed E-state index contributed by atoms with van der Waals surface area (Å²) in [7, 11) is 0. The molecule has 1 aromatic carbocycles. The summed E-state index contributed by atoms with van der Waals surface area (Å²) in [5.41, 5.74) is 2.48. The Bertz CT molecular complexity index is 457. The molecule has 0 aliphatic rings. The third kappa shape index (κ3) is 6.17. The van der Waals surface area contributed by atoms with Crippen molar-refractivity contribution in [2.75, 3.05) is 19.8 Å². The Morgan fingerprint density at radius 1 is 1.33 bits per heavy atom. The second-order valence-corrected chi connectivity index (χ2v) is 5.88. The predicted molar refractivity (Wildman–Crippen MR) is 84.6 cm³/mol. The number of nitrogens with one attached hydrogen (secondary N) is 1. The first-order chi connectivity index (χ1) is 9.93. The van der Waals surface area contributed by atoms with Gasteiger partial charge in [0.2, 0.25) is 0 Å². The number of aliphatic hydroxyl groups excluding tert-OH is 1. The standard InChI is InChI=1S/C17H27NO3/c1-12(2)16-6-5-15(9-14(16)4)21-11-17(20)18-10-13(3)7-8-19/h5-6,9,12-13,19H,7-8,10-11H2,1-4H3,(H,18,20). The lowest BCUT2D eigenvalue weighted by Crippen LogP contribution is -2.32. The van der Waals surface area contributed by atoms with E-state index in [4.69, 9.17) is 9.84 Å². The molecule has 0 fully saturated rings. The lowest BCUT2D eigenvalue weighted by molar-refractivity contribution is -0.123. The number of aliphatic hydroxyl groups is 1. The van der Waals surface area contributed by atoms with Gasteiger partial charge < -0.3 is 15.2 Å². The van der Waals surface area contributed by atoms with Gasteiger partial charge in [0.1, 0.15) is 5.75 Å². The SMILES string of the molecule is Cc1cc(OCC(=O)NCC(C)CCO)ccc1C(C)C. The molecule has 1 aromatic rings. The summed E-state index contributed by atoms with van der Waals surface area (Å²) in [6, 6.07) is 5.93. The average molecular weight is 293 g/mol. The van der Waals surface area contributed by atoms with E-state index in [2.05, 4.69) is 32.2 Å². The van der Waals surface area contributed by atoms with Crippen LogP contribution >= 0.6 is 0 Å². The molecule has 1 amide bonds. The van der Waals surface area contributed by atoms with Crippen LogP contribution in [0.15, 0.2) is 18.2 Å². The minimum absolute atomic E-state index is 0.0201. The molecule has 1 unspecified atom stereocenters. The van der Waals surface area contributed by atoms with Gasteiger partial charge in [-0.2, -0.15) is 0 Å². The van der Waals surface area contributed by atoms with Crippen LogP contribution in [0.4, 0.5) is 0 Å². The molecule has 2 N–H and O–H groups in total. The van der Waals surface area contributed by atoms with E-state index in [0.29, 0.717) is 18.9 Å². The van der Waals surface area contributed by atoms with E-state index >= 15 is 0 Å². The van der Waals surface area contributed by atoms with E-state index in [1.54, 1.807) is 0 Å². The number of carbonyl (C=O) groups excluding carboxylic acids is 1. The van der Waals surface area contributed by atoms with E-state index in [0.717, 1.165) is 5.75 Å². The largest absolute Gasteiger partial charge is 0.484 e. The molecule has 4 nitrogen and oxygen atoms in total. The van der Waals surface area contributed by atoms with Crippen LogP contribution in [0.25, 0.3) is 0 Å². The zero-order valence-electron chi connectivity index (χ0n) is 13.5. The monoisotopic (exact) mass is 293 g/mol. The molecule has 0 saturated carbocycles. The number of hydrogen-bond acceptors (Lipinski definition) is 3. The van der Waals surface area contributed by atoms with Crippen molar-refractivity contribution in [1.82, 2.24) is 5.32 Å². The van der Waals surface area contributed by atoms with Crippen LogP contribution < -0.4 is 10.1 Å². The quantitative estimate of drug-likeness (QED) is 0.774. The fourth-order valence-corrected chi connectivity index (χ4v) is 2.20. The van der Waals surface area contributed by atoms with Gasteiger partial charge in [-0.15, -0.1) is 0 Å². The van der Waals surface area contributed by atoms with Crippen molar-refractivity contribution in [1.29, 1.82) is 0 Å². The Labute approximate surface area is 127 Å². The van der Waals surface area contributed by atoms with E-state index in [1.807, 2.05) is 19.1 Å². The van der Waals surface area contributed by atoms with Crippen molar-refractivity contribution in [3.8, 4) is 5.75 Å². The Balaban J connectivity index is 2.41. The highest BCUT2D eigenvalue weighted by atomic mass is 16.5. The van der Waals surface area contributed by atoms with Gasteiger partial charge in [0.15, 0.2) is 6.61 Å². The van der Waals surface area contributed by atoms with Crippen molar-refractivity contribution < 1.29 is 14.6 Å². The Kier molecular flexibility index (Phi) is 7.23. The fourth-order valence-electron chi connectivity index (χ4n) is 2.20. The molecule has 0 aliphatic heterocycles. The topological polar surface area (TPSA) is 58.6 Å². The summed E-state index contributed by atoms with van der Waals surface area (Å²) in [5, 5.41) is 11.6. The van der Waals surface area contributed by atoms with Crippen LogP contribution in [0.5, 0.6) is 5.75 Å². The highest BCUT2D eigenvalue weighted by Gasteiger charge is 2.08. The van der Waals surface area contributed by atoms with Crippen molar-refractivity contribution in [3.05, 3.63) is 29.3 Å². The Morgan fingerprint density at radius 3 is 2.62 bits per heavy atom. The molecule has 21 heavy (non-hydrogen) atoms. The molecular formula is C17H27NO3. The number of carbonyl (C=O) groups is 1. The van der Waals surface area contributed by atoms with E-state index in [-0.39, 0.29) is 25.0 Å². The second-order valence-electron chi connectivity index (χ2n) is 5.88. The number of hydrogen-bond donors (Lipinski definition) is 2. The van der Waals surface area contributed by atoms with Crippen molar-refractivity contribution >= 4 is 5.91 Å². The molecule has 1 atom stereocenters. The highest BCUT2D eigenvalue weighted by Crippen LogP contribution is 2.23. The minimum Gasteiger partial charge on any atom is -0.484 e. The van der Waals surface area contributed by atoms with E-state index in [9.17, 15) is 4.79 Å². The van der Waals surface area contributed by atoms with Crippen molar-refractivity contribution in [2.24, 2.45) is 5.92 Å². The van der Waals surface area contributed by atoms with E-state index < -0.39 is 0 Å². The van der Waals surface area contributed by atoms with Gasteiger partial charge in [-0.25, -0.2) is 0 Å². The van der Waals surface area contributed by atoms with E-state index in [1.165, 1.54) is 11.1 Å². The molecule has 0 radical (unpaired) electrons. The molecule has 1 rings (SSSR count). The molecule has 4 heteroatoms. The van der Waals surface area contributed by atoms with Gasteiger partial charge in [-0.1, -0.05) is 26.8 Å². The molecule has 0 spiro atoms. The summed E-state index contributed by atoms with van der Waals surface area (Å²) in [5.74, 6) is 1.34. The Hall–Kier alpha value is -1.55. The minimum atomic E-state index is -0.134. The Morgan fingerprint density at radius 2 is 2.05 bits per heavy atom. The maximum absolute atomic E-state index is 11.7. The summed E-state index contributed by atoms with van der Waals surface area (Å²) >= 11 is 0. The lowest BCUT2D eigenvalue weighted by Gasteiger charge is -2.13. The van der Waals surface area contributed by atoms with Gasteiger partial charge in [-0.05, 0) is 48.4 Å². The van der Waals surface area contributed by atoms with Crippen molar-refractivity contribution in [3.63, 3.8) is 0 Å². The summed E-state index contributed by atoms with van der Waals surface area (Å²) in [6.45, 7) is 9.09. The van der Waals surface area contributed by atoms with Gasteiger partial charge in [0.25, 0.3) is 5.91 Å². The summed E-state index contributed by atoms with van der Waals surface area (Å²) < 4.78 is 5.51. The predicted octanol–water partition coefficient (Wildman–Crippen LogP) is 2.63. The first kappa shape index (κ1) is 17.5. The summed E-state index contributed by atoms with van der Waals surface area (Å²) in [4.78, 5) is 11.7.